The molecule has 29 heavy (non-hydrogen) atoms. The molecular formula is C25H33N3O. The Bertz CT molecular complexity index is 928. The molecule has 1 aromatic carbocycles. The Kier molecular flexibility index (Phi) is 6.73. The summed E-state index contributed by atoms with van der Waals surface area (Å²) < 4.78 is 8.34. The highest BCUT2D eigenvalue weighted by atomic mass is 16.5. The average molecular weight is 392 g/mol. The van der Waals surface area contributed by atoms with Gasteiger partial charge in [-0.05, 0) is 56.7 Å². The molecule has 0 amide bonds. The van der Waals surface area contributed by atoms with Gasteiger partial charge in [-0.1, -0.05) is 39.0 Å². The van der Waals surface area contributed by atoms with Gasteiger partial charge >= 0.3 is 0 Å². The van der Waals surface area contributed by atoms with Crippen molar-refractivity contribution in [3.63, 3.8) is 0 Å². The van der Waals surface area contributed by atoms with Crippen molar-refractivity contribution in [3.8, 4) is 28.3 Å². The second-order valence-electron chi connectivity index (χ2n) is 7.58. The van der Waals surface area contributed by atoms with Gasteiger partial charge in [0.25, 0.3) is 0 Å². The van der Waals surface area contributed by atoms with Gasteiger partial charge in [-0.15, -0.1) is 0 Å². The minimum absolute atomic E-state index is 0.0825. The summed E-state index contributed by atoms with van der Waals surface area (Å²) in [4.78, 5) is 4.92. The number of aryl methyl sites for hydroxylation is 4. The van der Waals surface area contributed by atoms with Crippen LogP contribution in [0.15, 0.2) is 36.7 Å². The summed E-state index contributed by atoms with van der Waals surface area (Å²) in [5.74, 6) is 0.878. The smallest absolute Gasteiger partial charge is 0.132 e. The Hall–Kier alpha value is -2.62. The van der Waals surface area contributed by atoms with Crippen molar-refractivity contribution in [2.45, 2.75) is 73.5 Å². The summed E-state index contributed by atoms with van der Waals surface area (Å²) in [5.41, 5.74) is 8.24. The zero-order chi connectivity index (χ0) is 21.0. The molecular weight excluding hydrogens is 358 g/mol. The summed E-state index contributed by atoms with van der Waals surface area (Å²) >= 11 is 0. The molecule has 0 aliphatic carbocycles. The van der Waals surface area contributed by atoms with E-state index in [0.29, 0.717) is 0 Å². The molecule has 0 saturated heterocycles. The van der Waals surface area contributed by atoms with E-state index in [1.165, 1.54) is 22.3 Å². The lowest BCUT2D eigenvalue weighted by Crippen LogP contribution is -2.09. The lowest BCUT2D eigenvalue weighted by atomic mass is 9.94. The van der Waals surface area contributed by atoms with Crippen LogP contribution in [-0.4, -0.2) is 20.9 Å². The van der Waals surface area contributed by atoms with E-state index in [0.717, 1.165) is 48.5 Å². The minimum Gasteiger partial charge on any atom is -0.490 e. The highest BCUT2D eigenvalue weighted by Gasteiger charge is 2.19. The van der Waals surface area contributed by atoms with Crippen molar-refractivity contribution in [2.24, 2.45) is 0 Å². The van der Waals surface area contributed by atoms with E-state index in [2.05, 4.69) is 70.9 Å². The van der Waals surface area contributed by atoms with Crippen LogP contribution >= 0.6 is 0 Å². The Balaban J connectivity index is 2.23. The maximum Gasteiger partial charge on any atom is 0.132 e. The Morgan fingerprint density at radius 2 is 1.59 bits per heavy atom. The quantitative estimate of drug-likeness (QED) is 0.465. The number of benzene rings is 1. The van der Waals surface area contributed by atoms with Crippen LogP contribution in [-0.2, 0) is 25.8 Å². The van der Waals surface area contributed by atoms with Crippen LogP contribution in [0.1, 0.15) is 58.2 Å². The van der Waals surface area contributed by atoms with Crippen molar-refractivity contribution in [1.82, 2.24) is 14.8 Å². The maximum atomic E-state index is 6.30. The van der Waals surface area contributed by atoms with Crippen LogP contribution in [0, 0.1) is 0 Å². The minimum atomic E-state index is 0.0825. The van der Waals surface area contributed by atoms with Gasteiger partial charge in [0.05, 0.1) is 29.3 Å². The van der Waals surface area contributed by atoms with Gasteiger partial charge in [0.15, 0.2) is 0 Å². The van der Waals surface area contributed by atoms with Crippen molar-refractivity contribution >= 4 is 0 Å². The number of aromatic nitrogens is 3. The topological polar surface area (TPSA) is 39.9 Å². The highest BCUT2D eigenvalue weighted by Crippen LogP contribution is 2.37. The first-order chi connectivity index (χ1) is 14.0. The summed E-state index contributed by atoms with van der Waals surface area (Å²) in [6, 6.07) is 8.67. The fourth-order valence-corrected chi connectivity index (χ4v) is 3.91. The molecule has 3 rings (SSSR count). The standard InChI is InChI=1S/C25H33N3O/c1-7-18-12-11-13-19(8-2)24(18)22-14-23(29-17(5)6)21(16-26-22)25-20(9-3)15-27-28(25)10-4/h11-17H,7-10H2,1-6H3. The third-order valence-electron chi connectivity index (χ3n) is 5.33. The second-order valence-corrected chi connectivity index (χ2v) is 7.58. The number of pyridine rings is 1. The zero-order valence-electron chi connectivity index (χ0n) is 18.6. The normalized spacial score (nSPS) is 11.3. The van der Waals surface area contributed by atoms with Crippen LogP contribution in [0.4, 0.5) is 0 Å². The Labute approximate surface area is 175 Å². The van der Waals surface area contributed by atoms with Gasteiger partial charge in [0.2, 0.25) is 0 Å². The van der Waals surface area contributed by atoms with Crippen LogP contribution in [0.3, 0.4) is 0 Å². The van der Waals surface area contributed by atoms with E-state index in [1.807, 2.05) is 17.1 Å². The van der Waals surface area contributed by atoms with Crippen LogP contribution in [0.2, 0.25) is 0 Å². The number of hydrogen-bond acceptors (Lipinski definition) is 3. The Morgan fingerprint density at radius 1 is 0.931 bits per heavy atom. The lowest BCUT2D eigenvalue weighted by molar-refractivity contribution is 0.243. The molecule has 4 nitrogen and oxygen atoms in total. The molecule has 154 valence electrons. The average Bonchev–Trinajstić information content (AvgIpc) is 3.15. The Morgan fingerprint density at radius 3 is 2.14 bits per heavy atom. The van der Waals surface area contributed by atoms with E-state index in [-0.39, 0.29) is 6.10 Å². The van der Waals surface area contributed by atoms with Crippen LogP contribution in [0.5, 0.6) is 5.75 Å². The second kappa shape index (κ2) is 9.25. The summed E-state index contributed by atoms with van der Waals surface area (Å²) in [5, 5.41) is 4.57. The SMILES string of the molecule is CCc1cccc(CC)c1-c1cc(OC(C)C)c(-c2c(CC)cnn2CC)cn1. The van der Waals surface area contributed by atoms with Crippen molar-refractivity contribution in [2.75, 3.05) is 0 Å². The highest BCUT2D eigenvalue weighted by molar-refractivity contribution is 5.76. The van der Waals surface area contributed by atoms with Gasteiger partial charge in [0, 0.05) is 24.4 Å². The van der Waals surface area contributed by atoms with Crippen molar-refractivity contribution < 1.29 is 4.74 Å². The molecule has 0 bridgehead atoms. The van der Waals surface area contributed by atoms with Crippen LogP contribution in [0.25, 0.3) is 22.5 Å². The molecule has 0 aliphatic rings. The number of hydrogen-bond donors (Lipinski definition) is 0. The molecule has 0 aliphatic heterocycles. The van der Waals surface area contributed by atoms with Crippen molar-refractivity contribution in [1.29, 1.82) is 0 Å². The van der Waals surface area contributed by atoms with E-state index < -0.39 is 0 Å². The molecule has 0 unspecified atom stereocenters. The molecule has 3 aromatic rings. The van der Waals surface area contributed by atoms with Crippen LogP contribution < -0.4 is 4.74 Å². The predicted octanol–water partition coefficient (Wildman–Crippen LogP) is 6.11. The molecule has 0 fully saturated rings. The largest absolute Gasteiger partial charge is 0.490 e. The van der Waals surface area contributed by atoms with E-state index in [9.17, 15) is 0 Å². The number of ether oxygens (including phenoxy) is 1. The third kappa shape index (κ3) is 4.21. The van der Waals surface area contributed by atoms with Gasteiger partial charge in [-0.2, -0.15) is 5.10 Å². The van der Waals surface area contributed by atoms with E-state index in [4.69, 9.17) is 9.72 Å². The van der Waals surface area contributed by atoms with Crippen molar-refractivity contribution in [3.05, 3.63) is 53.3 Å². The predicted molar refractivity (Wildman–Crippen MR) is 120 cm³/mol. The number of rotatable bonds is 8. The molecule has 4 heteroatoms. The first kappa shape index (κ1) is 21.1. The molecule has 0 radical (unpaired) electrons. The molecule has 2 heterocycles. The maximum absolute atomic E-state index is 6.30. The molecule has 0 spiro atoms. The van der Waals surface area contributed by atoms with E-state index >= 15 is 0 Å². The van der Waals surface area contributed by atoms with Gasteiger partial charge in [-0.3, -0.25) is 9.67 Å². The molecule has 0 saturated carbocycles. The van der Waals surface area contributed by atoms with Gasteiger partial charge in [0.1, 0.15) is 5.75 Å². The lowest BCUT2D eigenvalue weighted by Gasteiger charge is -2.19. The molecule has 0 atom stereocenters. The molecule has 0 N–H and O–H groups in total. The summed E-state index contributed by atoms with van der Waals surface area (Å²) in [6.07, 6.45) is 6.91. The third-order valence-corrected chi connectivity index (χ3v) is 5.33. The summed E-state index contributed by atoms with van der Waals surface area (Å²) in [7, 11) is 0. The molecule has 2 aromatic heterocycles. The zero-order valence-corrected chi connectivity index (χ0v) is 18.6. The number of nitrogens with zero attached hydrogens (tertiary/aromatic N) is 3. The fourth-order valence-electron chi connectivity index (χ4n) is 3.91. The van der Waals surface area contributed by atoms with Gasteiger partial charge in [-0.25, -0.2) is 0 Å². The van der Waals surface area contributed by atoms with E-state index in [1.54, 1.807) is 0 Å². The first-order valence-corrected chi connectivity index (χ1v) is 10.9. The first-order valence-electron chi connectivity index (χ1n) is 10.9. The summed E-state index contributed by atoms with van der Waals surface area (Å²) in [6.45, 7) is 13.6. The van der Waals surface area contributed by atoms with Gasteiger partial charge < -0.3 is 4.74 Å². The monoisotopic (exact) mass is 391 g/mol. The fraction of sp³-hybridized carbons (Fsp3) is 0.440.